The standard InChI is InChI=1S/C27H31F2N6O9P/c1-13(2)42-24(39)14(3)34-45(40,44-17-10-6-8-15-7-4-5-9-16(15)17)41-11-27(25(28)29)20(37)19(36)23(43-27)35-12-31-18-21(35)32-26(30)33-22(18)38/h4-10,12-14,19-20,23,25,36-37H,11H2,1-3H3,(H,34,40)(H3,30,32,33,38)/t14-,19+,20-,23+,27+,45?/m0/s1. The van der Waals surface area contributed by atoms with Crippen LogP contribution in [0.2, 0.25) is 0 Å². The summed E-state index contributed by atoms with van der Waals surface area (Å²) in [6.45, 7) is 3.21. The van der Waals surface area contributed by atoms with E-state index in [4.69, 9.17) is 24.3 Å². The average molecular weight is 653 g/mol. The van der Waals surface area contributed by atoms with Crippen LogP contribution in [0.1, 0.15) is 27.0 Å². The molecule has 45 heavy (non-hydrogen) atoms. The molecule has 2 aromatic heterocycles. The lowest BCUT2D eigenvalue weighted by Gasteiger charge is -2.32. The van der Waals surface area contributed by atoms with Gasteiger partial charge >= 0.3 is 13.7 Å². The number of carbonyl (C=O) groups excluding carboxylic acids is 1. The van der Waals surface area contributed by atoms with Gasteiger partial charge in [0.25, 0.3) is 12.0 Å². The number of benzene rings is 2. The highest BCUT2D eigenvalue weighted by Gasteiger charge is 2.61. The second-order valence-corrected chi connectivity index (χ2v) is 12.3. The van der Waals surface area contributed by atoms with Crippen LogP contribution in [0.4, 0.5) is 14.7 Å². The number of aliphatic hydroxyl groups excluding tert-OH is 2. The van der Waals surface area contributed by atoms with Crippen molar-refractivity contribution in [1.29, 1.82) is 0 Å². The number of imidazole rings is 1. The maximum Gasteiger partial charge on any atom is 0.459 e. The number of aromatic nitrogens is 4. The molecule has 0 radical (unpaired) electrons. The van der Waals surface area contributed by atoms with Crippen LogP contribution in [0.3, 0.4) is 0 Å². The number of carbonyl (C=O) groups is 1. The van der Waals surface area contributed by atoms with Gasteiger partial charge in [0, 0.05) is 5.39 Å². The maximum absolute atomic E-state index is 14.8. The predicted octanol–water partition coefficient (Wildman–Crippen LogP) is 2.24. The minimum Gasteiger partial charge on any atom is -0.462 e. The minimum atomic E-state index is -4.76. The molecule has 1 aliphatic heterocycles. The van der Waals surface area contributed by atoms with Gasteiger partial charge in [0.1, 0.15) is 24.0 Å². The zero-order valence-electron chi connectivity index (χ0n) is 24.2. The summed E-state index contributed by atoms with van der Waals surface area (Å²) in [5.41, 5.74) is 1.42. The predicted molar refractivity (Wildman–Crippen MR) is 155 cm³/mol. The molecule has 15 nitrogen and oxygen atoms in total. The van der Waals surface area contributed by atoms with Gasteiger partial charge in [0.2, 0.25) is 5.95 Å². The number of hydrogen-bond donors (Lipinski definition) is 5. The van der Waals surface area contributed by atoms with E-state index in [1.807, 2.05) is 0 Å². The summed E-state index contributed by atoms with van der Waals surface area (Å²) < 4.78 is 66.7. The van der Waals surface area contributed by atoms with Gasteiger partial charge in [-0.2, -0.15) is 10.1 Å². The second-order valence-electron chi connectivity index (χ2n) is 10.7. The lowest BCUT2D eigenvalue weighted by Crippen LogP contribution is -2.53. The Bertz CT molecular complexity index is 1820. The number of nitrogens with one attached hydrogen (secondary N) is 2. The van der Waals surface area contributed by atoms with E-state index in [0.29, 0.717) is 10.8 Å². The summed E-state index contributed by atoms with van der Waals surface area (Å²) in [7, 11) is -4.76. The first-order chi connectivity index (χ1) is 21.2. The number of nitrogens with two attached hydrogens (primary N) is 1. The Labute approximate surface area is 253 Å². The monoisotopic (exact) mass is 652 g/mol. The Morgan fingerprint density at radius 1 is 1.22 bits per heavy atom. The molecular formula is C27H31F2N6O9P. The topological polar surface area (TPSA) is 213 Å². The van der Waals surface area contributed by atoms with Crippen LogP contribution in [0.15, 0.2) is 53.6 Å². The van der Waals surface area contributed by atoms with Crippen molar-refractivity contribution in [3.05, 3.63) is 59.1 Å². The van der Waals surface area contributed by atoms with Crippen LogP contribution in [-0.4, -0.2) is 78.7 Å². The third kappa shape index (κ3) is 6.27. The van der Waals surface area contributed by atoms with Crippen LogP contribution in [0.5, 0.6) is 5.75 Å². The number of ether oxygens (including phenoxy) is 2. The van der Waals surface area contributed by atoms with Gasteiger partial charge in [-0.25, -0.2) is 18.3 Å². The van der Waals surface area contributed by atoms with Crippen molar-refractivity contribution in [2.45, 2.75) is 63.4 Å². The SMILES string of the molecule is CC(C)OC(=O)[C@H](C)NP(=O)(OC[C@@]1(C(F)F)O[C@@H](n2cnc3c(=O)[nH]c(N)nc32)[C@H](O)[C@@H]1O)Oc1cccc2ccccc12. The summed E-state index contributed by atoms with van der Waals surface area (Å²) >= 11 is 0. The highest BCUT2D eigenvalue weighted by molar-refractivity contribution is 7.52. The molecule has 6 atom stereocenters. The number of hydrogen-bond acceptors (Lipinski definition) is 12. The molecule has 1 unspecified atom stereocenters. The van der Waals surface area contributed by atoms with Crippen LogP contribution in [0.25, 0.3) is 21.9 Å². The molecule has 1 fully saturated rings. The van der Waals surface area contributed by atoms with Crippen molar-refractivity contribution in [3.63, 3.8) is 0 Å². The Balaban J connectivity index is 1.48. The Morgan fingerprint density at radius 2 is 1.93 bits per heavy atom. The van der Waals surface area contributed by atoms with Crippen LogP contribution in [0, 0.1) is 0 Å². The second kappa shape index (κ2) is 12.4. The van der Waals surface area contributed by atoms with Crippen LogP contribution < -0.4 is 20.9 Å². The first-order valence-corrected chi connectivity index (χ1v) is 15.2. The molecule has 0 saturated carbocycles. The summed E-state index contributed by atoms with van der Waals surface area (Å²) in [6.07, 6.45) is -9.18. The van der Waals surface area contributed by atoms with E-state index in [0.717, 1.165) is 10.9 Å². The normalized spacial score (nSPS) is 23.9. The van der Waals surface area contributed by atoms with Gasteiger partial charge in [-0.3, -0.25) is 23.7 Å². The molecule has 5 rings (SSSR count). The van der Waals surface area contributed by atoms with Gasteiger partial charge in [-0.15, -0.1) is 0 Å². The Hall–Kier alpha value is -3.99. The summed E-state index contributed by atoms with van der Waals surface area (Å²) in [5.74, 6) is -1.13. The first kappa shape index (κ1) is 32.4. The zero-order valence-corrected chi connectivity index (χ0v) is 25.1. The zero-order chi connectivity index (χ0) is 32.7. The number of anilines is 1. The fourth-order valence-electron chi connectivity index (χ4n) is 4.83. The third-order valence-corrected chi connectivity index (χ3v) is 8.65. The number of H-pyrrole nitrogens is 1. The molecule has 0 bridgehead atoms. The number of nitrogens with zero attached hydrogens (tertiary/aromatic N) is 3. The van der Waals surface area contributed by atoms with E-state index in [2.05, 4.69) is 20.0 Å². The lowest BCUT2D eigenvalue weighted by atomic mass is 9.96. The summed E-state index contributed by atoms with van der Waals surface area (Å²) in [4.78, 5) is 34.8. The molecule has 6 N–H and O–H groups in total. The van der Waals surface area contributed by atoms with E-state index in [-0.39, 0.29) is 22.9 Å². The van der Waals surface area contributed by atoms with Crippen molar-refractivity contribution >= 4 is 41.6 Å². The molecule has 1 saturated heterocycles. The number of nitrogen functional groups attached to an aromatic ring is 1. The van der Waals surface area contributed by atoms with E-state index in [1.54, 1.807) is 50.2 Å². The molecule has 3 heterocycles. The number of esters is 1. The number of halogens is 2. The Morgan fingerprint density at radius 3 is 2.64 bits per heavy atom. The number of aromatic amines is 1. The van der Waals surface area contributed by atoms with Crippen LogP contribution >= 0.6 is 7.75 Å². The van der Waals surface area contributed by atoms with E-state index >= 15 is 0 Å². The fraction of sp³-hybridized carbons (Fsp3) is 0.407. The highest BCUT2D eigenvalue weighted by atomic mass is 31.2. The molecular weight excluding hydrogens is 621 g/mol. The molecule has 242 valence electrons. The molecule has 2 aromatic carbocycles. The fourth-order valence-corrected chi connectivity index (χ4v) is 6.38. The molecule has 4 aromatic rings. The van der Waals surface area contributed by atoms with Gasteiger partial charge in [-0.1, -0.05) is 36.4 Å². The largest absolute Gasteiger partial charge is 0.462 e. The van der Waals surface area contributed by atoms with Crippen molar-refractivity contribution in [1.82, 2.24) is 24.6 Å². The van der Waals surface area contributed by atoms with Crippen molar-refractivity contribution in [3.8, 4) is 5.75 Å². The average Bonchev–Trinajstić information content (AvgIpc) is 3.51. The highest BCUT2D eigenvalue weighted by Crippen LogP contribution is 2.50. The van der Waals surface area contributed by atoms with Gasteiger partial charge < -0.3 is 29.9 Å². The first-order valence-electron chi connectivity index (χ1n) is 13.7. The van der Waals surface area contributed by atoms with Crippen molar-refractivity contribution in [2.24, 2.45) is 0 Å². The van der Waals surface area contributed by atoms with Gasteiger partial charge in [0.05, 0.1) is 19.0 Å². The minimum absolute atomic E-state index is 0.0315. The summed E-state index contributed by atoms with van der Waals surface area (Å²) in [5, 5.41) is 25.4. The third-order valence-electron chi connectivity index (χ3n) is 7.04. The maximum atomic E-state index is 14.8. The van der Waals surface area contributed by atoms with Crippen LogP contribution in [-0.2, 0) is 23.4 Å². The quantitative estimate of drug-likeness (QED) is 0.116. The molecule has 1 aliphatic rings. The van der Waals surface area contributed by atoms with Gasteiger partial charge in [0.15, 0.2) is 23.0 Å². The number of aliphatic hydroxyl groups is 2. The molecule has 0 amide bonds. The number of fused-ring (bicyclic) bond motifs is 2. The number of alkyl halides is 2. The van der Waals surface area contributed by atoms with Crippen molar-refractivity contribution < 1.29 is 46.9 Å². The molecule has 0 spiro atoms. The lowest BCUT2D eigenvalue weighted by molar-refractivity contribution is -0.191. The molecule has 18 heteroatoms. The number of rotatable bonds is 11. The Kier molecular flexibility index (Phi) is 8.95. The smallest absolute Gasteiger partial charge is 0.459 e. The molecule has 0 aliphatic carbocycles. The van der Waals surface area contributed by atoms with E-state index in [1.165, 1.54) is 13.0 Å². The van der Waals surface area contributed by atoms with Gasteiger partial charge in [-0.05, 0) is 32.2 Å². The summed E-state index contributed by atoms with van der Waals surface area (Å²) in [6, 6.07) is 10.4. The van der Waals surface area contributed by atoms with E-state index in [9.17, 15) is 33.1 Å². The van der Waals surface area contributed by atoms with E-state index < -0.39 is 68.5 Å². The van der Waals surface area contributed by atoms with Crippen molar-refractivity contribution in [2.75, 3.05) is 12.3 Å².